The summed E-state index contributed by atoms with van der Waals surface area (Å²) in [6.07, 6.45) is 0. The molecule has 0 amide bonds. The zero-order chi connectivity index (χ0) is 17.4. The monoisotopic (exact) mass is 354 g/mol. The number of aromatic nitrogens is 4. The lowest BCUT2D eigenvalue weighted by molar-refractivity contribution is 0.638. The topological polar surface area (TPSA) is 58.0 Å². The Morgan fingerprint density at radius 2 is 1.48 bits per heavy atom. The van der Waals surface area contributed by atoms with Crippen LogP contribution < -0.4 is 9.80 Å². The second-order valence-electron chi connectivity index (χ2n) is 6.19. The molecule has 1 aromatic carbocycles. The van der Waals surface area contributed by atoms with Crippen molar-refractivity contribution < 1.29 is 0 Å². The fourth-order valence-electron chi connectivity index (χ4n) is 3.20. The van der Waals surface area contributed by atoms with E-state index in [1.54, 1.807) is 0 Å². The molecule has 3 heterocycles. The first-order chi connectivity index (χ1) is 12.1. The number of hydrogen-bond donors (Lipinski definition) is 0. The first kappa shape index (κ1) is 16.0. The molecule has 0 saturated carbocycles. The van der Waals surface area contributed by atoms with Gasteiger partial charge in [0.05, 0.1) is 16.7 Å². The van der Waals surface area contributed by atoms with Gasteiger partial charge < -0.3 is 9.80 Å². The van der Waals surface area contributed by atoms with E-state index in [1.807, 2.05) is 44.2 Å². The Morgan fingerprint density at radius 1 is 0.840 bits per heavy atom. The highest BCUT2D eigenvalue weighted by molar-refractivity contribution is 6.29. The molecular formula is C18H19ClN6. The third-order valence-electron chi connectivity index (χ3n) is 4.42. The Hall–Kier alpha value is -2.47. The van der Waals surface area contributed by atoms with Gasteiger partial charge in [0, 0.05) is 32.2 Å². The summed E-state index contributed by atoms with van der Waals surface area (Å²) in [5.74, 6) is 2.55. The second kappa shape index (κ2) is 6.44. The summed E-state index contributed by atoms with van der Waals surface area (Å²) in [7, 11) is 0. The van der Waals surface area contributed by atoms with Crippen LogP contribution in [0.1, 0.15) is 11.5 Å². The molecule has 0 atom stereocenters. The van der Waals surface area contributed by atoms with E-state index in [4.69, 9.17) is 21.6 Å². The lowest BCUT2D eigenvalue weighted by Crippen LogP contribution is -2.47. The number of anilines is 2. The summed E-state index contributed by atoms with van der Waals surface area (Å²) in [5, 5.41) is 0.487. The largest absolute Gasteiger partial charge is 0.353 e. The number of halogens is 1. The zero-order valence-corrected chi connectivity index (χ0v) is 15.0. The van der Waals surface area contributed by atoms with Crippen molar-refractivity contribution in [2.75, 3.05) is 36.0 Å². The Balaban J connectivity index is 1.54. The molecule has 4 rings (SSSR count). The highest BCUT2D eigenvalue weighted by Crippen LogP contribution is 2.23. The van der Waals surface area contributed by atoms with E-state index < -0.39 is 0 Å². The first-order valence-electron chi connectivity index (χ1n) is 8.34. The fraction of sp³-hybridized carbons (Fsp3) is 0.333. The molecule has 1 saturated heterocycles. The third kappa shape index (κ3) is 3.22. The number of hydrogen-bond acceptors (Lipinski definition) is 6. The van der Waals surface area contributed by atoms with E-state index in [0.29, 0.717) is 11.0 Å². The predicted molar refractivity (Wildman–Crippen MR) is 100 cm³/mol. The predicted octanol–water partition coefficient (Wildman–Crippen LogP) is 3.02. The Labute approximate surface area is 151 Å². The number of piperazine rings is 1. The molecule has 0 unspecified atom stereocenters. The molecule has 7 heteroatoms. The second-order valence-corrected chi connectivity index (χ2v) is 6.58. The summed E-state index contributed by atoms with van der Waals surface area (Å²) in [6, 6.07) is 9.82. The van der Waals surface area contributed by atoms with Crippen molar-refractivity contribution in [1.82, 2.24) is 19.9 Å². The van der Waals surface area contributed by atoms with Crippen molar-refractivity contribution in [3.63, 3.8) is 0 Å². The van der Waals surface area contributed by atoms with Crippen molar-refractivity contribution in [3.05, 3.63) is 47.0 Å². The molecule has 0 bridgehead atoms. The van der Waals surface area contributed by atoms with E-state index in [0.717, 1.165) is 54.5 Å². The van der Waals surface area contributed by atoms with Crippen LogP contribution in [-0.4, -0.2) is 46.1 Å². The van der Waals surface area contributed by atoms with E-state index in [1.165, 1.54) is 0 Å². The van der Waals surface area contributed by atoms with Crippen LogP contribution in [0, 0.1) is 13.8 Å². The van der Waals surface area contributed by atoms with Crippen LogP contribution in [0.5, 0.6) is 0 Å². The van der Waals surface area contributed by atoms with Gasteiger partial charge in [0.1, 0.15) is 16.8 Å². The molecule has 1 fully saturated rings. The van der Waals surface area contributed by atoms with Crippen LogP contribution >= 0.6 is 11.6 Å². The molecule has 2 aromatic heterocycles. The number of para-hydroxylation sites is 2. The maximum absolute atomic E-state index is 6.06. The van der Waals surface area contributed by atoms with Gasteiger partial charge in [0.2, 0.25) is 0 Å². The minimum absolute atomic E-state index is 0.487. The average Bonchev–Trinajstić information content (AvgIpc) is 2.60. The molecule has 0 radical (unpaired) electrons. The molecule has 6 nitrogen and oxygen atoms in total. The van der Waals surface area contributed by atoms with Crippen molar-refractivity contribution in [2.24, 2.45) is 0 Å². The van der Waals surface area contributed by atoms with Gasteiger partial charge in [-0.2, -0.15) is 0 Å². The smallest absolute Gasteiger partial charge is 0.150 e. The highest BCUT2D eigenvalue weighted by Gasteiger charge is 2.21. The molecular weight excluding hydrogens is 336 g/mol. The number of aryl methyl sites for hydroxylation is 2. The van der Waals surface area contributed by atoms with Gasteiger partial charge in [-0.25, -0.2) is 19.9 Å². The van der Waals surface area contributed by atoms with Crippen molar-refractivity contribution >= 4 is 34.3 Å². The SMILES string of the molecule is Cc1nc(Cl)cc(N2CCN(c3nc4ccccc4nc3C)CC2)n1. The Morgan fingerprint density at radius 3 is 2.16 bits per heavy atom. The van der Waals surface area contributed by atoms with Crippen molar-refractivity contribution in [2.45, 2.75) is 13.8 Å². The molecule has 25 heavy (non-hydrogen) atoms. The summed E-state index contributed by atoms with van der Waals surface area (Å²) >= 11 is 6.06. The van der Waals surface area contributed by atoms with Gasteiger partial charge in [-0.1, -0.05) is 23.7 Å². The molecule has 0 aliphatic carbocycles. The minimum atomic E-state index is 0.487. The minimum Gasteiger partial charge on any atom is -0.353 e. The Kier molecular flexibility index (Phi) is 4.13. The van der Waals surface area contributed by atoms with Crippen molar-refractivity contribution in [3.8, 4) is 0 Å². The molecule has 1 aliphatic heterocycles. The quantitative estimate of drug-likeness (QED) is 0.659. The number of fused-ring (bicyclic) bond motifs is 1. The molecule has 1 aliphatic rings. The summed E-state index contributed by atoms with van der Waals surface area (Å²) in [4.78, 5) is 22.7. The molecule has 3 aromatic rings. The van der Waals surface area contributed by atoms with Crippen LogP contribution in [0.4, 0.5) is 11.6 Å². The molecule has 0 spiro atoms. The van der Waals surface area contributed by atoms with Gasteiger partial charge in [-0.05, 0) is 26.0 Å². The van der Waals surface area contributed by atoms with E-state index in [9.17, 15) is 0 Å². The van der Waals surface area contributed by atoms with Gasteiger partial charge in [-0.15, -0.1) is 0 Å². The van der Waals surface area contributed by atoms with Crippen LogP contribution in [-0.2, 0) is 0 Å². The lowest BCUT2D eigenvalue weighted by atomic mass is 10.2. The highest BCUT2D eigenvalue weighted by atomic mass is 35.5. The fourth-order valence-corrected chi connectivity index (χ4v) is 3.42. The summed E-state index contributed by atoms with van der Waals surface area (Å²) < 4.78 is 0. The van der Waals surface area contributed by atoms with Gasteiger partial charge in [0.25, 0.3) is 0 Å². The summed E-state index contributed by atoms with van der Waals surface area (Å²) in [6.45, 7) is 7.35. The van der Waals surface area contributed by atoms with Gasteiger partial charge in [0.15, 0.2) is 5.82 Å². The van der Waals surface area contributed by atoms with Crippen LogP contribution in [0.3, 0.4) is 0 Å². The van der Waals surface area contributed by atoms with E-state index >= 15 is 0 Å². The summed E-state index contributed by atoms with van der Waals surface area (Å²) in [5.41, 5.74) is 2.84. The first-order valence-corrected chi connectivity index (χ1v) is 8.72. The van der Waals surface area contributed by atoms with Crippen LogP contribution in [0.25, 0.3) is 11.0 Å². The third-order valence-corrected chi connectivity index (χ3v) is 4.61. The molecule has 128 valence electrons. The number of rotatable bonds is 2. The van der Waals surface area contributed by atoms with Crippen LogP contribution in [0.2, 0.25) is 5.15 Å². The van der Waals surface area contributed by atoms with Gasteiger partial charge in [-0.3, -0.25) is 0 Å². The number of nitrogens with zero attached hydrogens (tertiary/aromatic N) is 6. The van der Waals surface area contributed by atoms with E-state index in [-0.39, 0.29) is 0 Å². The Bertz CT molecular complexity index is 900. The van der Waals surface area contributed by atoms with Gasteiger partial charge >= 0.3 is 0 Å². The standard InChI is InChI=1S/C18H19ClN6/c1-12-18(23-15-6-4-3-5-14(15)20-12)25-9-7-24(8-10-25)17-11-16(19)21-13(2)22-17/h3-6,11H,7-10H2,1-2H3. The maximum atomic E-state index is 6.06. The number of benzene rings is 1. The van der Waals surface area contributed by atoms with Crippen LogP contribution in [0.15, 0.2) is 30.3 Å². The molecule has 0 N–H and O–H groups in total. The normalized spacial score (nSPS) is 15.0. The zero-order valence-electron chi connectivity index (χ0n) is 14.3. The van der Waals surface area contributed by atoms with E-state index in [2.05, 4.69) is 19.8 Å². The maximum Gasteiger partial charge on any atom is 0.150 e. The lowest BCUT2D eigenvalue weighted by Gasteiger charge is -2.36. The van der Waals surface area contributed by atoms with Crippen molar-refractivity contribution in [1.29, 1.82) is 0 Å². The average molecular weight is 355 g/mol.